The summed E-state index contributed by atoms with van der Waals surface area (Å²) in [4.78, 5) is 3.37. The zero-order valence-electron chi connectivity index (χ0n) is 5.87. The molecule has 3 nitrogen and oxygen atoms in total. The average Bonchev–Trinajstić information content (AvgIpc) is 2.05. The summed E-state index contributed by atoms with van der Waals surface area (Å²) in [7, 11) is 0. The predicted molar refractivity (Wildman–Crippen MR) is 38.2 cm³/mol. The fraction of sp³-hybridized carbons (Fsp3) is 0.286. The molecule has 11 heavy (non-hydrogen) atoms. The minimum Gasteiger partial charge on any atom is -0.387 e. The molecule has 1 heterocycles. The molecule has 60 valence electrons. The van der Waals surface area contributed by atoms with Crippen LogP contribution >= 0.6 is 0 Å². The van der Waals surface area contributed by atoms with Crippen molar-refractivity contribution in [3.63, 3.8) is 0 Å². The Morgan fingerprint density at radius 2 is 2.36 bits per heavy atom. The first-order chi connectivity index (χ1) is 5.24. The number of nitrogens with zero attached hydrogens (tertiary/aromatic N) is 1. The van der Waals surface area contributed by atoms with Gasteiger partial charge in [-0.05, 0) is 6.07 Å². The number of aliphatic hydroxyl groups excluding tert-OH is 1. The van der Waals surface area contributed by atoms with Gasteiger partial charge in [-0.25, -0.2) is 4.98 Å². The molecular weight excluding hydrogens is 147 g/mol. The molecule has 0 saturated carbocycles. The summed E-state index contributed by atoms with van der Waals surface area (Å²) in [5.41, 5.74) is 5.71. The molecule has 0 saturated heterocycles. The Kier molecular flexibility index (Phi) is 2.51. The van der Waals surface area contributed by atoms with Gasteiger partial charge in [-0.3, -0.25) is 0 Å². The highest BCUT2D eigenvalue weighted by molar-refractivity contribution is 5.12. The van der Waals surface area contributed by atoms with E-state index in [1.54, 1.807) is 0 Å². The number of aliphatic hydroxyl groups is 1. The predicted octanol–water partition coefficient (Wildman–Crippen LogP) is 0.213. The summed E-state index contributed by atoms with van der Waals surface area (Å²) in [5.74, 6) is -0.557. The van der Waals surface area contributed by atoms with Gasteiger partial charge in [0.2, 0.25) is 5.95 Å². The molecule has 0 aliphatic heterocycles. The van der Waals surface area contributed by atoms with Gasteiger partial charge < -0.3 is 10.8 Å². The van der Waals surface area contributed by atoms with Crippen LogP contribution in [0.3, 0.4) is 0 Å². The van der Waals surface area contributed by atoms with E-state index in [1.807, 2.05) is 0 Å². The summed E-state index contributed by atoms with van der Waals surface area (Å²) in [5, 5.41) is 9.13. The third kappa shape index (κ3) is 1.96. The maximum Gasteiger partial charge on any atom is 0.212 e. The normalized spacial score (nSPS) is 13.0. The number of hydrogen-bond donors (Lipinski definition) is 2. The lowest BCUT2D eigenvalue weighted by molar-refractivity contribution is 0.186. The van der Waals surface area contributed by atoms with Crippen molar-refractivity contribution < 1.29 is 9.50 Å². The van der Waals surface area contributed by atoms with Gasteiger partial charge in [0, 0.05) is 18.3 Å². The van der Waals surface area contributed by atoms with Gasteiger partial charge in [0.1, 0.15) is 0 Å². The maximum atomic E-state index is 12.2. The monoisotopic (exact) mass is 156 g/mol. The van der Waals surface area contributed by atoms with Crippen LogP contribution in [0, 0.1) is 5.95 Å². The molecule has 1 rings (SSSR count). The summed E-state index contributed by atoms with van der Waals surface area (Å²) in [6.45, 7) is 0.118. The van der Waals surface area contributed by atoms with E-state index in [9.17, 15) is 4.39 Å². The third-order valence-corrected chi connectivity index (χ3v) is 1.36. The molecule has 0 bridgehead atoms. The van der Waals surface area contributed by atoms with Crippen LogP contribution in [-0.2, 0) is 0 Å². The highest BCUT2D eigenvalue weighted by atomic mass is 19.1. The molecule has 0 spiro atoms. The van der Waals surface area contributed by atoms with Crippen molar-refractivity contribution in [2.75, 3.05) is 6.54 Å². The van der Waals surface area contributed by atoms with Crippen molar-refractivity contribution >= 4 is 0 Å². The molecular formula is C7H9FN2O. The lowest BCUT2D eigenvalue weighted by Gasteiger charge is -2.05. The summed E-state index contributed by atoms with van der Waals surface area (Å²) in [6, 6.07) is 2.65. The Balaban J connectivity index is 2.81. The molecule has 0 radical (unpaired) electrons. The van der Waals surface area contributed by atoms with E-state index >= 15 is 0 Å². The number of aromatic nitrogens is 1. The third-order valence-electron chi connectivity index (χ3n) is 1.36. The van der Waals surface area contributed by atoms with Gasteiger partial charge in [0.15, 0.2) is 0 Å². The first-order valence-electron chi connectivity index (χ1n) is 3.23. The fourth-order valence-corrected chi connectivity index (χ4v) is 0.720. The van der Waals surface area contributed by atoms with Crippen LogP contribution in [0.25, 0.3) is 0 Å². The van der Waals surface area contributed by atoms with Crippen LogP contribution in [0.2, 0.25) is 0 Å². The molecule has 1 aromatic rings. The van der Waals surface area contributed by atoms with Gasteiger partial charge in [-0.2, -0.15) is 4.39 Å². The van der Waals surface area contributed by atoms with E-state index in [0.717, 1.165) is 0 Å². The van der Waals surface area contributed by atoms with E-state index in [-0.39, 0.29) is 6.54 Å². The van der Waals surface area contributed by atoms with Gasteiger partial charge in [0.05, 0.1) is 6.10 Å². The van der Waals surface area contributed by atoms with Crippen molar-refractivity contribution in [1.82, 2.24) is 4.98 Å². The molecule has 3 N–H and O–H groups in total. The number of hydrogen-bond acceptors (Lipinski definition) is 3. The van der Waals surface area contributed by atoms with E-state index in [0.29, 0.717) is 5.56 Å². The van der Waals surface area contributed by atoms with Crippen LogP contribution in [0.4, 0.5) is 4.39 Å². The molecule has 1 atom stereocenters. The van der Waals surface area contributed by atoms with Crippen LogP contribution in [0.1, 0.15) is 11.7 Å². The fourth-order valence-electron chi connectivity index (χ4n) is 0.720. The second kappa shape index (κ2) is 3.41. The quantitative estimate of drug-likeness (QED) is 0.602. The van der Waals surface area contributed by atoms with Crippen molar-refractivity contribution in [2.45, 2.75) is 6.10 Å². The van der Waals surface area contributed by atoms with E-state index < -0.39 is 12.1 Å². The van der Waals surface area contributed by atoms with Crippen molar-refractivity contribution in [3.05, 3.63) is 29.8 Å². The Morgan fingerprint density at radius 1 is 1.64 bits per heavy atom. The first kappa shape index (κ1) is 8.10. The molecule has 0 aliphatic carbocycles. The van der Waals surface area contributed by atoms with Crippen molar-refractivity contribution in [3.8, 4) is 0 Å². The molecule has 4 heteroatoms. The minimum absolute atomic E-state index is 0.118. The summed E-state index contributed by atoms with van der Waals surface area (Å²) in [6.07, 6.45) is 0.524. The molecule has 0 aliphatic rings. The van der Waals surface area contributed by atoms with E-state index in [4.69, 9.17) is 10.8 Å². The molecule has 1 aromatic heterocycles. The Morgan fingerprint density at radius 3 is 2.82 bits per heavy atom. The van der Waals surface area contributed by atoms with Crippen LogP contribution in [0.5, 0.6) is 0 Å². The number of halogens is 1. The van der Waals surface area contributed by atoms with E-state index in [2.05, 4.69) is 4.98 Å². The lowest BCUT2D eigenvalue weighted by atomic mass is 10.2. The smallest absolute Gasteiger partial charge is 0.212 e. The van der Waals surface area contributed by atoms with Gasteiger partial charge in [0.25, 0.3) is 0 Å². The summed E-state index contributed by atoms with van der Waals surface area (Å²) < 4.78 is 12.2. The second-order valence-corrected chi connectivity index (χ2v) is 2.17. The topological polar surface area (TPSA) is 59.1 Å². The van der Waals surface area contributed by atoms with Gasteiger partial charge in [-0.15, -0.1) is 0 Å². The van der Waals surface area contributed by atoms with Crippen LogP contribution in [0.15, 0.2) is 18.3 Å². The zero-order valence-corrected chi connectivity index (χ0v) is 5.87. The van der Waals surface area contributed by atoms with Gasteiger partial charge >= 0.3 is 0 Å². The molecule has 1 unspecified atom stereocenters. The zero-order chi connectivity index (χ0) is 8.27. The van der Waals surface area contributed by atoms with Crippen molar-refractivity contribution in [1.29, 1.82) is 0 Å². The Bertz CT molecular complexity index is 224. The lowest BCUT2D eigenvalue weighted by Crippen LogP contribution is -2.11. The number of nitrogens with two attached hydrogens (primary N) is 1. The van der Waals surface area contributed by atoms with Crippen molar-refractivity contribution in [2.24, 2.45) is 5.73 Å². The largest absolute Gasteiger partial charge is 0.387 e. The summed E-state index contributed by atoms with van der Waals surface area (Å²) >= 11 is 0. The standard InChI is InChI=1S/C7H9FN2O/c8-7-2-1-5(4-10-7)6(11)3-9/h1-2,4,6,11H,3,9H2. The van der Waals surface area contributed by atoms with E-state index in [1.165, 1.54) is 18.3 Å². The first-order valence-corrected chi connectivity index (χ1v) is 3.23. The number of rotatable bonds is 2. The SMILES string of the molecule is NCC(O)c1ccc(F)nc1. The average molecular weight is 156 g/mol. The maximum absolute atomic E-state index is 12.2. The van der Waals surface area contributed by atoms with Crippen LogP contribution in [-0.4, -0.2) is 16.6 Å². The highest BCUT2D eigenvalue weighted by Gasteiger charge is 2.04. The highest BCUT2D eigenvalue weighted by Crippen LogP contribution is 2.08. The van der Waals surface area contributed by atoms with Crippen LogP contribution < -0.4 is 5.73 Å². The minimum atomic E-state index is -0.747. The van der Waals surface area contributed by atoms with Gasteiger partial charge in [-0.1, -0.05) is 6.07 Å². The molecule has 0 aromatic carbocycles. The second-order valence-electron chi connectivity index (χ2n) is 2.17. The Labute approximate surface area is 63.7 Å². The number of pyridine rings is 1. The Hall–Kier alpha value is -1.00. The molecule has 0 amide bonds. The molecule has 0 fully saturated rings.